The Morgan fingerprint density at radius 1 is 1.45 bits per heavy atom. The van der Waals surface area contributed by atoms with Crippen LogP contribution in [0.15, 0.2) is 18.3 Å². The zero-order valence-corrected chi connectivity index (χ0v) is 13.5. The number of hydrogen-bond donors (Lipinski definition) is 2. The number of likely N-dealkylation sites (N-methyl/N-ethyl adjacent to an activating group) is 1. The molecule has 122 valence electrons. The van der Waals surface area contributed by atoms with Crippen LogP contribution in [0.5, 0.6) is 0 Å². The lowest BCUT2D eigenvalue weighted by molar-refractivity contribution is -0.138. The van der Waals surface area contributed by atoms with Crippen molar-refractivity contribution < 1.29 is 9.53 Å². The first-order valence-electron chi connectivity index (χ1n) is 7.97. The molecular formula is C16H26N4O2. The molecule has 0 saturated carbocycles. The number of ether oxygens (including phenoxy) is 1. The van der Waals surface area contributed by atoms with Gasteiger partial charge in [-0.2, -0.15) is 0 Å². The van der Waals surface area contributed by atoms with Gasteiger partial charge in [0, 0.05) is 32.4 Å². The highest BCUT2D eigenvalue weighted by atomic mass is 16.5. The molecule has 2 rings (SSSR count). The Labute approximate surface area is 132 Å². The minimum Gasteiger partial charge on any atom is -0.370 e. The molecule has 6 heteroatoms. The lowest BCUT2D eigenvalue weighted by Gasteiger charge is -2.31. The highest BCUT2D eigenvalue weighted by molar-refractivity contribution is 5.81. The summed E-state index contributed by atoms with van der Waals surface area (Å²) in [6.07, 6.45) is 2.36. The van der Waals surface area contributed by atoms with Gasteiger partial charge in [-0.05, 0) is 31.5 Å². The number of morpholine rings is 1. The normalized spacial score (nSPS) is 18.9. The van der Waals surface area contributed by atoms with Crippen molar-refractivity contribution in [2.45, 2.75) is 26.4 Å². The van der Waals surface area contributed by atoms with Gasteiger partial charge in [0.25, 0.3) is 0 Å². The summed E-state index contributed by atoms with van der Waals surface area (Å²) in [6, 6.07) is 3.99. The van der Waals surface area contributed by atoms with Crippen molar-refractivity contribution in [2.75, 3.05) is 44.6 Å². The highest BCUT2D eigenvalue weighted by Gasteiger charge is 2.25. The first kappa shape index (κ1) is 16.7. The molecule has 1 unspecified atom stereocenters. The molecule has 1 aliphatic rings. The second-order valence-electron chi connectivity index (χ2n) is 5.54. The summed E-state index contributed by atoms with van der Waals surface area (Å²) >= 11 is 0. The molecule has 1 fully saturated rings. The number of pyridine rings is 1. The van der Waals surface area contributed by atoms with Crippen LogP contribution in [0, 0.1) is 6.92 Å². The topological polar surface area (TPSA) is 66.5 Å². The highest BCUT2D eigenvalue weighted by Crippen LogP contribution is 2.05. The van der Waals surface area contributed by atoms with E-state index in [1.54, 1.807) is 0 Å². The predicted octanol–water partition coefficient (Wildman–Crippen LogP) is 1.03. The van der Waals surface area contributed by atoms with Crippen LogP contribution in [0.1, 0.15) is 18.9 Å². The van der Waals surface area contributed by atoms with E-state index in [-0.39, 0.29) is 12.0 Å². The van der Waals surface area contributed by atoms with Crippen molar-refractivity contribution >= 4 is 11.7 Å². The first-order chi connectivity index (χ1) is 10.7. The molecule has 1 aliphatic heterocycles. The van der Waals surface area contributed by atoms with Crippen molar-refractivity contribution in [3.05, 3.63) is 23.9 Å². The fourth-order valence-corrected chi connectivity index (χ4v) is 2.35. The number of nitrogens with zero attached hydrogens (tertiary/aromatic N) is 2. The van der Waals surface area contributed by atoms with E-state index in [4.69, 9.17) is 4.74 Å². The summed E-state index contributed by atoms with van der Waals surface area (Å²) in [6.45, 7) is 8.73. The number of anilines is 1. The van der Waals surface area contributed by atoms with Crippen LogP contribution < -0.4 is 10.6 Å². The molecule has 0 aromatic carbocycles. The van der Waals surface area contributed by atoms with Crippen LogP contribution in [0.25, 0.3) is 0 Å². The summed E-state index contributed by atoms with van der Waals surface area (Å²) in [5.41, 5.74) is 1.14. The minimum absolute atomic E-state index is 0.00777. The Hall–Kier alpha value is -1.66. The monoisotopic (exact) mass is 306 g/mol. The van der Waals surface area contributed by atoms with Gasteiger partial charge in [0.2, 0.25) is 5.91 Å². The molecule has 0 aliphatic carbocycles. The molecule has 1 aromatic rings. The third-order valence-electron chi connectivity index (χ3n) is 3.76. The Morgan fingerprint density at radius 3 is 3.05 bits per heavy atom. The fourth-order valence-electron chi connectivity index (χ4n) is 2.35. The van der Waals surface area contributed by atoms with Gasteiger partial charge in [-0.1, -0.05) is 13.0 Å². The number of rotatable bonds is 7. The molecule has 1 aromatic heterocycles. The summed E-state index contributed by atoms with van der Waals surface area (Å²) in [7, 11) is 0. The molecule has 2 N–H and O–H groups in total. The van der Waals surface area contributed by atoms with E-state index in [1.165, 1.54) is 0 Å². The predicted molar refractivity (Wildman–Crippen MR) is 86.9 cm³/mol. The van der Waals surface area contributed by atoms with Gasteiger partial charge in [0.15, 0.2) is 0 Å². The van der Waals surface area contributed by atoms with E-state index in [1.807, 2.05) is 25.3 Å². The second kappa shape index (κ2) is 8.70. The quantitative estimate of drug-likeness (QED) is 0.737. The summed E-state index contributed by atoms with van der Waals surface area (Å²) in [5.74, 6) is 0.859. The van der Waals surface area contributed by atoms with Crippen LogP contribution in [0.3, 0.4) is 0 Å². The second-order valence-corrected chi connectivity index (χ2v) is 5.54. The molecule has 1 saturated heterocycles. The van der Waals surface area contributed by atoms with Crippen molar-refractivity contribution in [2.24, 2.45) is 0 Å². The van der Waals surface area contributed by atoms with Gasteiger partial charge in [-0.3, -0.25) is 9.69 Å². The molecular weight excluding hydrogens is 280 g/mol. The maximum atomic E-state index is 12.0. The van der Waals surface area contributed by atoms with E-state index < -0.39 is 0 Å². The zero-order chi connectivity index (χ0) is 15.8. The smallest absolute Gasteiger partial charge is 0.250 e. The molecule has 0 spiro atoms. The van der Waals surface area contributed by atoms with Crippen LogP contribution in [-0.2, 0) is 9.53 Å². The number of amides is 1. The summed E-state index contributed by atoms with van der Waals surface area (Å²) < 4.78 is 5.53. The van der Waals surface area contributed by atoms with Gasteiger partial charge < -0.3 is 15.4 Å². The van der Waals surface area contributed by atoms with E-state index >= 15 is 0 Å². The van der Waals surface area contributed by atoms with Crippen molar-refractivity contribution in [1.82, 2.24) is 15.2 Å². The third-order valence-corrected chi connectivity index (χ3v) is 3.76. The van der Waals surface area contributed by atoms with E-state index in [0.717, 1.165) is 37.4 Å². The van der Waals surface area contributed by atoms with Gasteiger partial charge in [0.1, 0.15) is 11.9 Å². The Balaban J connectivity index is 1.60. The molecule has 6 nitrogen and oxygen atoms in total. The zero-order valence-electron chi connectivity index (χ0n) is 13.5. The lowest BCUT2D eigenvalue weighted by Crippen LogP contribution is -2.49. The molecule has 1 amide bonds. The number of aryl methyl sites for hydroxylation is 1. The van der Waals surface area contributed by atoms with Gasteiger partial charge in [-0.15, -0.1) is 0 Å². The molecule has 0 radical (unpaired) electrons. The van der Waals surface area contributed by atoms with Crippen molar-refractivity contribution in [3.63, 3.8) is 0 Å². The van der Waals surface area contributed by atoms with Crippen LogP contribution in [0.4, 0.5) is 5.82 Å². The van der Waals surface area contributed by atoms with Gasteiger partial charge in [-0.25, -0.2) is 4.98 Å². The average molecular weight is 306 g/mol. The Morgan fingerprint density at radius 2 is 2.32 bits per heavy atom. The first-order valence-corrected chi connectivity index (χ1v) is 7.97. The summed E-state index contributed by atoms with van der Waals surface area (Å²) in [5, 5.41) is 6.18. The minimum atomic E-state index is -0.333. The average Bonchev–Trinajstić information content (AvgIpc) is 2.56. The fraction of sp³-hybridized carbons (Fsp3) is 0.625. The lowest BCUT2D eigenvalue weighted by atomic mass is 10.2. The van der Waals surface area contributed by atoms with Crippen LogP contribution >= 0.6 is 0 Å². The Bertz CT molecular complexity index is 464. The van der Waals surface area contributed by atoms with E-state index in [0.29, 0.717) is 19.7 Å². The van der Waals surface area contributed by atoms with E-state index in [9.17, 15) is 4.79 Å². The number of carbonyl (C=O) groups is 1. The van der Waals surface area contributed by atoms with Crippen LogP contribution in [0.2, 0.25) is 0 Å². The number of carbonyl (C=O) groups excluding carboxylic acids is 1. The largest absolute Gasteiger partial charge is 0.370 e. The molecule has 0 bridgehead atoms. The Kier molecular flexibility index (Phi) is 6.61. The van der Waals surface area contributed by atoms with Crippen molar-refractivity contribution in [1.29, 1.82) is 0 Å². The third kappa shape index (κ3) is 5.27. The van der Waals surface area contributed by atoms with E-state index in [2.05, 4.69) is 27.4 Å². The van der Waals surface area contributed by atoms with Gasteiger partial charge >= 0.3 is 0 Å². The SMILES string of the molecule is CCN1CCOC(C(=O)NCCCNc2ccc(C)cn2)C1. The maximum absolute atomic E-state index is 12.0. The summed E-state index contributed by atoms with van der Waals surface area (Å²) in [4.78, 5) is 18.5. The molecule has 1 atom stereocenters. The standard InChI is InChI=1S/C16H26N4O2/c1-3-20-9-10-22-14(12-20)16(21)18-8-4-7-17-15-6-5-13(2)11-19-15/h5-6,11,14H,3-4,7-10,12H2,1-2H3,(H,17,19)(H,18,21). The maximum Gasteiger partial charge on any atom is 0.250 e. The number of hydrogen-bond acceptors (Lipinski definition) is 5. The number of aromatic nitrogens is 1. The van der Waals surface area contributed by atoms with Crippen LogP contribution in [-0.4, -0.2) is 61.2 Å². The molecule has 22 heavy (non-hydrogen) atoms. The number of nitrogens with one attached hydrogen (secondary N) is 2. The molecule has 2 heterocycles. The van der Waals surface area contributed by atoms with Gasteiger partial charge in [0.05, 0.1) is 6.61 Å². The van der Waals surface area contributed by atoms with Crippen molar-refractivity contribution in [3.8, 4) is 0 Å².